The van der Waals surface area contributed by atoms with Crippen LogP contribution >= 0.6 is 23.4 Å². The maximum Gasteiger partial charge on any atom is 0.234 e. The predicted octanol–water partition coefficient (Wildman–Crippen LogP) is 4.79. The molecule has 3 rings (SSSR count). The number of nitrogens with one attached hydrogen (secondary N) is 1. The van der Waals surface area contributed by atoms with E-state index in [2.05, 4.69) is 15.5 Å². The molecule has 1 atom stereocenters. The zero-order chi connectivity index (χ0) is 21.0. The van der Waals surface area contributed by atoms with Crippen molar-refractivity contribution in [3.8, 4) is 5.75 Å². The minimum atomic E-state index is -0.535. The van der Waals surface area contributed by atoms with Gasteiger partial charge in [-0.05, 0) is 44.2 Å². The molecule has 0 aliphatic carbocycles. The van der Waals surface area contributed by atoms with Gasteiger partial charge in [0.15, 0.2) is 17.1 Å². The number of carbonyl (C=O) groups excluding carboxylic acids is 1. The Labute approximate surface area is 177 Å². The Morgan fingerprint density at radius 2 is 2.00 bits per heavy atom. The van der Waals surface area contributed by atoms with Gasteiger partial charge in [0.25, 0.3) is 0 Å². The van der Waals surface area contributed by atoms with Gasteiger partial charge in [0.2, 0.25) is 5.91 Å². The molecule has 0 saturated carbocycles. The molecule has 0 saturated heterocycles. The van der Waals surface area contributed by atoms with Crippen LogP contribution < -0.4 is 10.1 Å². The number of aromatic nitrogens is 3. The average Bonchev–Trinajstić information content (AvgIpc) is 3.05. The van der Waals surface area contributed by atoms with E-state index in [4.69, 9.17) is 16.3 Å². The monoisotopic (exact) mass is 434 g/mol. The molecule has 1 N–H and O–H groups in total. The lowest BCUT2D eigenvalue weighted by Gasteiger charge is -2.14. The van der Waals surface area contributed by atoms with E-state index in [1.807, 2.05) is 45.2 Å². The fraction of sp³-hybridized carbons (Fsp3) is 0.250. The van der Waals surface area contributed by atoms with Crippen molar-refractivity contribution >= 4 is 35.0 Å². The second kappa shape index (κ2) is 9.28. The van der Waals surface area contributed by atoms with E-state index in [0.717, 1.165) is 11.3 Å². The van der Waals surface area contributed by atoms with Crippen molar-refractivity contribution in [2.75, 3.05) is 11.1 Å². The van der Waals surface area contributed by atoms with Crippen LogP contribution in [0.3, 0.4) is 0 Å². The van der Waals surface area contributed by atoms with E-state index in [1.165, 1.54) is 30.0 Å². The number of aryl methyl sites for hydroxylation is 1. The molecule has 0 bridgehead atoms. The van der Waals surface area contributed by atoms with E-state index in [0.29, 0.717) is 16.7 Å². The number of halogens is 2. The van der Waals surface area contributed by atoms with Crippen LogP contribution in [0.4, 0.5) is 10.1 Å². The van der Waals surface area contributed by atoms with Gasteiger partial charge in [-0.15, -0.1) is 10.2 Å². The molecule has 0 aliphatic rings. The number of anilines is 1. The molecule has 0 spiro atoms. The molecular formula is C20H20ClFN4O2S. The van der Waals surface area contributed by atoms with E-state index in [1.54, 1.807) is 4.57 Å². The number of hydrogen-bond acceptors (Lipinski definition) is 5. The molecule has 3 aromatic rings. The Hall–Kier alpha value is -2.58. The van der Waals surface area contributed by atoms with Crippen LogP contribution in [0.15, 0.2) is 47.6 Å². The van der Waals surface area contributed by atoms with E-state index >= 15 is 0 Å². The quantitative estimate of drug-likeness (QED) is 0.541. The van der Waals surface area contributed by atoms with Crippen LogP contribution in [-0.2, 0) is 11.8 Å². The van der Waals surface area contributed by atoms with Crippen LogP contribution in [0.5, 0.6) is 5.75 Å². The summed E-state index contributed by atoms with van der Waals surface area (Å²) in [5, 5.41) is 11.5. The van der Waals surface area contributed by atoms with Gasteiger partial charge in [-0.2, -0.15) is 0 Å². The SMILES string of the molecule is Cc1ccc(OC(C)c2nnc(SCC(=O)Nc3ccc(F)c(Cl)c3)n2C)cc1. The van der Waals surface area contributed by atoms with Crippen molar-refractivity contribution in [2.45, 2.75) is 25.1 Å². The lowest BCUT2D eigenvalue weighted by atomic mass is 10.2. The van der Waals surface area contributed by atoms with Gasteiger partial charge in [-0.1, -0.05) is 41.1 Å². The van der Waals surface area contributed by atoms with E-state index in [-0.39, 0.29) is 22.8 Å². The Morgan fingerprint density at radius 3 is 2.69 bits per heavy atom. The van der Waals surface area contributed by atoms with Crippen LogP contribution in [0.25, 0.3) is 0 Å². The molecule has 1 amide bonds. The highest BCUT2D eigenvalue weighted by molar-refractivity contribution is 7.99. The number of amides is 1. The van der Waals surface area contributed by atoms with Crippen molar-refractivity contribution in [2.24, 2.45) is 7.05 Å². The fourth-order valence-corrected chi connectivity index (χ4v) is 3.48. The Balaban J connectivity index is 1.57. The predicted molar refractivity (Wildman–Crippen MR) is 112 cm³/mol. The fourth-order valence-electron chi connectivity index (χ4n) is 2.58. The number of benzene rings is 2. The highest BCUT2D eigenvalue weighted by Crippen LogP contribution is 2.24. The molecule has 1 unspecified atom stereocenters. The van der Waals surface area contributed by atoms with Crippen LogP contribution in [0.1, 0.15) is 24.4 Å². The standard InChI is InChI=1S/C20H20ClFN4O2S/c1-12-4-7-15(8-5-12)28-13(2)19-24-25-20(26(19)3)29-11-18(27)23-14-6-9-17(22)16(21)10-14/h4-10,13H,11H2,1-3H3,(H,23,27). The number of carbonyl (C=O) groups is 1. The first-order chi connectivity index (χ1) is 13.8. The Morgan fingerprint density at radius 1 is 1.28 bits per heavy atom. The lowest BCUT2D eigenvalue weighted by molar-refractivity contribution is -0.113. The third-order valence-electron chi connectivity index (χ3n) is 4.10. The molecule has 29 heavy (non-hydrogen) atoms. The number of thioether (sulfide) groups is 1. The highest BCUT2D eigenvalue weighted by atomic mass is 35.5. The average molecular weight is 435 g/mol. The van der Waals surface area contributed by atoms with Gasteiger partial charge < -0.3 is 14.6 Å². The Bertz CT molecular complexity index is 1010. The zero-order valence-corrected chi connectivity index (χ0v) is 17.7. The molecular weight excluding hydrogens is 415 g/mol. The maximum atomic E-state index is 13.2. The second-order valence-corrected chi connectivity index (χ2v) is 7.79. The second-order valence-electron chi connectivity index (χ2n) is 6.44. The van der Waals surface area contributed by atoms with Crippen LogP contribution in [0.2, 0.25) is 5.02 Å². The van der Waals surface area contributed by atoms with Crippen molar-refractivity contribution in [1.29, 1.82) is 0 Å². The first kappa shape index (κ1) is 21.1. The van der Waals surface area contributed by atoms with Gasteiger partial charge >= 0.3 is 0 Å². The van der Waals surface area contributed by atoms with E-state index in [9.17, 15) is 9.18 Å². The molecule has 152 valence electrons. The molecule has 0 aliphatic heterocycles. The summed E-state index contributed by atoms with van der Waals surface area (Å²) >= 11 is 6.97. The Kier molecular flexibility index (Phi) is 6.76. The summed E-state index contributed by atoms with van der Waals surface area (Å²) in [6, 6.07) is 11.8. The molecule has 0 fully saturated rings. The smallest absolute Gasteiger partial charge is 0.234 e. The number of ether oxygens (including phenoxy) is 1. The van der Waals surface area contributed by atoms with Gasteiger partial charge in [0, 0.05) is 12.7 Å². The lowest BCUT2D eigenvalue weighted by Crippen LogP contribution is -2.15. The number of nitrogens with zero attached hydrogens (tertiary/aromatic N) is 3. The summed E-state index contributed by atoms with van der Waals surface area (Å²) in [5.41, 5.74) is 1.59. The summed E-state index contributed by atoms with van der Waals surface area (Å²) in [6.45, 7) is 3.91. The van der Waals surface area contributed by atoms with Crippen molar-refractivity contribution in [3.63, 3.8) is 0 Å². The molecule has 1 aromatic heterocycles. The van der Waals surface area contributed by atoms with E-state index < -0.39 is 5.82 Å². The summed E-state index contributed by atoms with van der Waals surface area (Å²) < 4.78 is 20.9. The zero-order valence-electron chi connectivity index (χ0n) is 16.1. The summed E-state index contributed by atoms with van der Waals surface area (Å²) in [4.78, 5) is 12.2. The van der Waals surface area contributed by atoms with Crippen LogP contribution in [0, 0.1) is 12.7 Å². The van der Waals surface area contributed by atoms with Gasteiger partial charge in [0.05, 0.1) is 10.8 Å². The number of rotatable bonds is 7. The minimum Gasteiger partial charge on any atom is -0.483 e. The molecule has 9 heteroatoms. The third kappa shape index (κ3) is 5.48. The van der Waals surface area contributed by atoms with Crippen molar-refractivity contribution in [1.82, 2.24) is 14.8 Å². The van der Waals surface area contributed by atoms with Gasteiger partial charge in [-0.25, -0.2) is 4.39 Å². The van der Waals surface area contributed by atoms with Crippen LogP contribution in [-0.4, -0.2) is 26.4 Å². The molecule has 1 heterocycles. The minimum absolute atomic E-state index is 0.0454. The summed E-state index contributed by atoms with van der Waals surface area (Å²) in [6.07, 6.45) is -0.306. The van der Waals surface area contributed by atoms with Gasteiger partial charge in [-0.3, -0.25) is 4.79 Å². The maximum absolute atomic E-state index is 13.2. The third-order valence-corrected chi connectivity index (χ3v) is 5.41. The topological polar surface area (TPSA) is 69.0 Å². The normalized spacial score (nSPS) is 11.9. The first-order valence-electron chi connectivity index (χ1n) is 8.84. The van der Waals surface area contributed by atoms with Crippen molar-refractivity contribution in [3.05, 3.63) is 64.7 Å². The summed E-state index contributed by atoms with van der Waals surface area (Å²) in [5.74, 6) is 0.726. The van der Waals surface area contributed by atoms with Gasteiger partial charge in [0.1, 0.15) is 11.6 Å². The molecule has 2 aromatic carbocycles. The molecule has 0 radical (unpaired) electrons. The number of hydrogen-bond donors (Lipinski definition) is 1. The summed E-state index contributed by atoms with van der Waals surface area (Å²) in [7, 11) is 1.82. The first-order valence-corrected chi connectivity index (χ1v) is 10.2. The highest BCUT2D eigenvalue weighted by Gasteiger charge is 2.18. The molecule has 6 nitrogen and oxygen atoms in total. The van der Waals surface area contributed by atoms with Crippen molar-refractivity contribution < 1.29 is 13.9 Å². The largest absolute Gasteiger partial charge is 0.483 e.